The van der Waals surface area contributed by atoms with Crippen LogP contribution in [0.25, 0.3) is 73.6 Å². The Balaban J connectivity index is 1.07. The highest BCUT2D eigenvalue weighted by molar-refractivity contribution is 7.25. The standard InChI is InChI=1S/C48H32N2S2/c1-48(2)41-27-30-17-18-33(50(32-13-7-4-8-14-32)34-19-24-44-40(28-34)35-15-9-10-16-43(35)51-44)25-31(30)26-39(41)37-20-21-38-36(45(37)48)22-23-42-46(38)52-47(49-42)29-11-5-3-6-12-29/h3-28H,1-2H3. The van der Waals surface area contributed by atoms with E-state index in [0.717, 1.165) is 27.6 Å². The van der Waals surface area contributed by atoms with Gasteiger partial charge < -0.3 is 4.90 Å². The Morgan fingerprint density at radius 2 is 1.23 bits per heavy atom. The molecular weight excluding hydrogens is 669 g/mol. The molecule has 0 aliphatic heterocycles. The van der Waals surface area contributed by atoms with E-state index >= 15 is 0 Å². The van der Waals surface area contributed by atoms with E-state index in [0.29, 0.717) is 0 Å². The van der Waals surface area contributed by atoms with E-state index in [4.69, 9.17) is 4.98 Å². The highest BCUT2D eigenvalue weighted by Crippen LogP contribution is 2.54. The molecule has 0 unspecified atom stereocenters. The molecule has 1 aliphatic rings. The second kappa shape index (κ2) is 11.1. The first-order valence-electron chi connectivity index (χ1n) is 17.8. The molecule has 0 amide bonds. The van der Waals surface area contributed by atoms with E-state index in [1.807, 2.05) is 11.3 Å². The van der Waals surface area contributed by atoms with Crippen LogP contribution in [0, 0.1) is 0 Å². The molecule has 10 aromatic rings. The molecule has 0 bridgehead atoms. The minimum atomic E-state index is -0.146. The average Bonchev–Trinajstić information content (AvgIpc) is 3.85. The van der Waals surface area contributed by atoms with Gasteiger partial charge in [0.1, 0.15) is 5.01 Å². The molecule has 0 saturated heterocycles. The van der Waals surface area contributed by atoms with Crippen LogP contribution in [-0.4, -0.2) is 4.98 Å². The predicted octanol–water partition coefficient (Wildman–Crippen LogP) is 14.4. The van der Waals surface area contributed by atoms with Crippen molar-refractivity contribution in [1.82, 2.24) is 4.98 Å². The van der Waals surface area contributed by atoms with Gasteiger partial charge in [-0.1, -0.05) is 105 Å². The van der Waals surface area contributed by atoms with Crippen molar-refractivity contribution in [3.63, 3.8) is 0 Å². The number of hydrogen-bond acceptors (Lipinski definition) is 4. The summed E-state index contributed by atoms with van der Waals surface area (Å²) in [5.41, 5.74) is 11.0. The van der Waals surface area contributed by atoms with Crippen LogP contribution < -0.4 is 4.90 Å². The number of fused-ring (bicyclic) bond motifs is 11. The molecule has 0 atom stereocenters. The third kappa shape index (κ3) is 4.38. The highest BCUT2D eigenvalue weighted by atomic mass is 32.1. The summed E-state index contributed by atoms with van der Waals surface area (Å²) in [6, 6.07) is 58.0. The first-order valence-corrected chi connectivity index (χ1v) is 19.4. The van der Waals surface area contributed by atoms with Crippen LogP contribution in [0.3, 0.4) is 0 Å². The van der Waals surface area contributed by atoms with E-state index in [1.54, 1.807) is 11.3 Å². The summed E-state index contributed by atoms with van der Waals surface area (Å²) in [6.07, 6.45) is 0. The minimum absolute atomic E-state index is 0.146. The minimum Gasteiger partial charge on any atom is -0.310 e. The Morgan fingerprint density at radius 3 is 2.10 bits per heavy atom. The SMILES string of the molecule is CC1(C)c2cc3ccc(N(c4ccccc4)c4ccc5sc6ccccc6c5c4)cc3cc2-c2ccc3c(ccc4nc(-c5ccccc5)sc43)c21. The molecule has 0 saturated carbocycles. The fraction of sp³-hybridized carbons (Fsp3) is 0.0625. The van der Waals surface area contributed by atoms with E-state index < -0.39 is 0 Å². The summed E-state index contributed by atoms with van der Waals surface area (Å²) in [7, 11) is 0. The summed E-state index contributed by atoms with van der Waals surface area (Å²) < 4.78 is 3.90. The lowest BCUT2D eigenvalue weighted by Crippen LogP contribution is -2.15. The van der Waals surface area contributed by atoms with Crippen LogP contribution in [0.4, 0.5) is 17.1 Å². The van der Waals surface area contributed by atoms with Gasteiger partial charge in [-0.15, -0.1) is 22.7 Å². The van der Waals surface area contributed by atoms with E-state index in [9.17, 15) is 0 Å². The quantitative estimate of drug-likeness (QED) is 0.182. The molecule has 0 fully saturated rings. The molecule has 8 aromatic carbocycles. The third-order valence-electron chi connectivity index (χ3n) is 11.0. The fourth-order valence-corrected chi connectivity index (χ4v) is 10.8. The van der Waals surface area contributed by atoms with Gasteiger partial charge in [0.25, 0.3) is 0 Å². The zero-order valence-electron chi connectivity index (χ0n) is 28.7. The van der Waals surface area contributed by atoms with Gasteiger partial charge in [0.05, 0.1) is 10.2 Å². The Labute approximate surface area is 309 Å². The van der Waals surface area contributed by atoms with E-state index in [-0.39, 0.29) is 5.41 Å². The smallest absolute Gasteiger partial charge is 0.124 e. The summed E-state index contributed by atoms with van der Waals surface area (Å²) in [4.78, 5) is 7.44. The molecule has 52 heavy (non-hydrogen) atoms. The monoisotopic (exact) mass is 700 g/mol. The van der Waals surface area contributed by atoms with Crippen LogP contribution >= 0.6 is 22.7 Å². The zero-order chi connectivity index (χ0) is 34.6. The summed E-state index contributed by atoms with van der Waals surface area (Å²) >= 11 is 3.66. The zero-order valence-corrected chi connectivity index (χ0v) is 30.4. The van der Waals surface area contributed by atoms with Crippen molar-refractivity contribution in [2.75, 3.05) is 4.90 Å². The Kier molecular flexibility index (Phi) is 6.37. The van der Waals surface area contributed by atoms with Crippen molar-refractivity contribution >= 4 is 91.7 Å². The van der Waals surface area contributed by atoms with E-state index in [2.05, 4.69) is 176 Å². The maximum atomic E-state index is 5.05. The maximum Gasteiger partial charge on any atom is 0.124 e. The van der Waals surface area contributed by atoms with Gasteiger partial charge in [-0.3, -0.25) is 0 Å². The lowest BCUT2D eigenvalue weighted by Gasteiger charge is -2.26. The molecule has 246 valence electrons. The number of para-hydroxylation sites is 1. The number of benzene rings is 8. The van der Waals surface area contributed by atoms with Gasteiger partial charge in [-0.2, -0.15) is 0 Å². The second-order valence-corrected chi connectivity index (χ2v) is 16.5. The Bertz CT molecular complexity index is 3040. The molecule has 0 N–H and O–H groups in total. The number of anilines is 3. The fourth-order valence-electron chi connectivity index (χ4n) is 8.57. The molecule has 2 aromatic heterocycles. The average molecular weight is 701 g/mol. The van der Waals surface area contributed by atoms with Crippen LogP contribution in [0.5, 0.6) is 0 Å². The number of aromatic nitrogens is 1. The number of thiazole rings is 1. The van der Waals surface area contributed by atoms with Gasteiger partial charge in [-0.05, 0) is 105 Å². The largest absolute Gasteiger partial charge is 0.310 e. The summed E-state index contributed by atoms with van der Waals surface area (Å²) in [5.74, 6) is 0. The van der Waals surface area contributed by atoms with Crippen molar-refractivity contribution < 1.29 is 0 Å². The second-order valence-electron chi connectivity index (χ2n) is 14.4. The van der Waals surface area contributed by atoms with Crippen molar-refractivity contribution in [3.05, 3.63) is 169 Å². The van der Waals surface area contributed by atoms with Crippen LogP contribution in [0.1, 0.15) is 25.0 Å². The highest BCUT2D eigenvalue weighted by Gasteiger charge is 2.37. The van der Waals surface area contributed by atoms with Crippen molar-refractivity contribution in [3.8, 4) is 21.7 Å². The molecule has 2 nitrogen and oxygen atoms in total. The van der Waals surface area contributed by atoms with Gasteiger partial charge >= 0.3 is 0 Å². The predicted molar refractivity (Wildman–Crippen MR) is 225 cm³/mol. The normalized spacial score (nSPS) is 13.3. The van der Waals surface area contributed by atoms with Gasteiger partial charge in [0, 0.05) is 53.6 Å². The maximum absolute atomic E-state index is 5.05. The van der Waals surface area contributed by atoms with Crippen LogP contribution in [0.2, 0.25) is 0 Å². The molecule has 4 heteroatoms. The number of hydrogen-bond donors (Lipinski definition) is 0. The molecule has 2 heterocycles. The lowest BCUT2D eigenvalue weighted by molar-refractivity contribution is 0.667. The summed E-state index contributed by atoms with van der Waals surface area (Å²) in [5, 5.41) is 8.80. The molecule has 1 aliphatic carbocycles. The molecule has 11 rings (SSSR count). The third-order valence-corrected chi connectivity index (χ3v) is 13.3. The van der Waals surface area contributed by atoms with Gasteiger partial charge in [0.15, 0.2) is 0 Å². The number of rotatable bonds is 4. The van der Waals surface area contributed by atoms with Crippen molar-refractivity contribution in [1.29, 1.82) is 0 Å². The summed E-state index contributed by atoms with van der Waals surface area (Å²) in [6.45, 7) is 4.79. The molecule has 0 radical (unpaired) electrons. The lowest BCUT2D eigenvalue weighted by atomic mass is 9.80. The Morgan fingerprint density at radius 1 is 0.500 bits per heavy atom. The van der Waals surface area contributed by atoms with Gasteiger partial charge in [-0.25, -0.2) is 4.98 Å². The van der Waals surface area contributed by atoms with Crippen LogP contribution in [-0.2, 0) is 5.41 Å². The first kappa shape index (κ1) is 29.9. The van der Waals surface area contributed by atoms with Crippen molar-refractivity contribution in [2.24, 2.45) is 0 Å². The number of nitrogens with zero attached hydrogens (tertiary/aromatic N) is 2. The van der Waals surface area contributed by atoms with Crippen molar-refractivity contribution in [2.45, 2.75) is 19.3 Å². The van der Waals surface area contributed by atoms with Crippen LogP contribution in [0.15, 0.2) is 158 Å². The number of thiophene rings is 1. The topological polar surface area (TPSA) is 16.1 Å². The van der Waals surface area contributed by atoms with Gasteiger partial charge in [0.2, 0.25) is 0 Å². The Hall–Kier alpha value is -5.81. The first-order chi connectivity index (χ1) is 25.5. The molecule has 0 spiro atoms. The van der Waals surface area contributed by atoms with E-state index in [1.165, 1.54) is 74.2 Å². The molecular formula is C48H32N2S2.